The van der Waals surface area contributed by atoms with Gasteiger partial charge in [-0.25, -0.2) is 0 Å². The highest BCUT2D eigenvalue weighted by Gasteiger charge is 2.09. The van der Waals surface area contributed by atoms with Gasteiger partial charge in [-0.15, -0.1) is 24.0 Å². The van der Waals surface area contributed by atoms with E-state index in [-0.39, 0.29) is 24.0 Å². The molecule has 0 fully saturated rings. The van der Waals surface area contributed by atoms with Gasteiger partial charge in [0.1, 0.15) is 0 Å². The van der Waals surface area contributed by atoms with Crippen molar-refractivity contribution in [1.82, 2.24) is 14.8 Å². The number of hydrogen-bond donors (Lipinski definition) is 1. The molecule has 0 aliphatic carbocycles. The molecule has 1 heterocycles. The second-order valence-corrected chi connectivity index (χ2v) is 6.26. The first kappa shape index (κ1) is 22.5. The molecule has 0 spiro atoms. The Morgan fingerprint density at radius 1 is 1.48 bits per heavy atom. The number of nitrogens with zero attached hydrogens (tertiary/aromatic N) is 3. The van der Waals surface area contributed by atoms with E-state index < -0.39 is 0 Å². The van der Waals surface area contributed by atoms with Crippen molar-refractivity contribution < 1.29 is 4.74 Å². The molecule has 7 heteroatoms. The molecule has 5 nitrogen and oxygen atoms in total. The molecule has 0 aromatic carbocycles. The van der Waals surface area contributed by atoms with Crippen LogP contribution in [0.5, 0.6) is 0 Å². The number of hydrogen-bond acceptors (Lipinski definition) is 2. The number of nitrogens with one attached hydrogen (secondary N) is 1. The summed E-state index contributed by atoms with van der Waals surface area (Å²) in [7, 11) is 4.02. The minimum Gasteiger partial charge on any atom is -0.379 e. The van der Waals surface area contributed by atoms with Gasteiger partial charge >= 0.3 is 0 Å². The number of aliphatic imine (C=N–C) groups is 1. The highest BCUT2D eigenvalue weighted by molar-refractivity contribution is 14.0. The number of ether oxygens (including phenoxy) is 1. The largest absolute Gasteiger partial charge is 0.379 e. The Morgan fingerprint density at radius 3 is 2.70 bits per heavy atom. The topological polar surface area (TPSA) is 41.8 Å². The van der Waals surface area contributed by atoms with Gasteiger partial charge in [0.15, 0.2) is 5.96 Å². The van der Waals surface area contributed by atoms with Crippen LogP contribution in [0.4, 0.5) is 0 Å². The second-order valence-electron chi connectivity index (χ2n) is 5.82. The number of aromatic nitrogens is 1. The molecule has 0 bridgehead atoms. The smallest absolute Gasteiger partial charge is 0.194 e. The molecular weight excluding hydrogens is 427 g/mol. The maximum absolute atomic E-state index is 6.03. The number of halogens is 2. The molecule has 0 aliphatic rings. The molecule has 0 unspecified atom stereocenters. The lowest BCUT2D eigenvalue weighted by atomic mass is 10.2. The van der Waals surface area contributed by atoms with E-state index >= 15 is 0 Å². The zero-order chi connectivity index (χ0) is 16.5. The number of guanidine groups is 1. The Bertz CT molecular complexity index is 477. The molecule has 23 heavy (non-hydrogen) atoms. The molecule has 1 aromatic heterocycles. The Kier molecular flexibility index (Phi) is 11.7. The Labute approximate surface area is 162 Å². The average Bonchev–Trinajstić information content (AvgIpc) is 2.74. The van der Waals surface area contributed by atoms with Crippen molar-refractivity contribution in [3.05, 3.63) is 23.0 Å². The van der Waals surface area contributed by atoms with Crippen LogP contribution in [0, 0.1) is 5.92 Å². The van der Waals surface area contributed by atoms with E-state index in [0.29, 0.717) is 19.1 Å². The van der Waals surface area contributed by atoms with Crippen molar-refractivity contribution in [1.29, 1.82) is 0 Å². The maximum Gasteiger partial charge on any atom is 0.194 e. The van der Waals surface area contributed by atoms with Crippen molar-refractivity contribution in [2.24, 2.45) is 18.0 Å². The molecule has 0 saturated carbocycles. The molecule has 1 N–H and O–H groups in total. The van der Waals surface area contributed by atoms with Crippen LogP contribution < -0.4 is 5.32 Å². The fourth-order valence-electron chi connectivity index (χ4n) is 2.05. The summed E-state index contributed by atoms with van der Waals surface area (Å²) in [4.78, 5) is 6.70. The zero-order valence-corrected chi connectivity index (χ0v) is 17.9. The Hall–Kier alpha value is -0.470. The molecule has 1 rings (SSSR count). The third-order valence-corrected chi connectivity index (χ3v) is 3.33. The standard InChI is InChI=1S/C16H29ClN4O.HI/c1-6-18-16(19-7-8-22-12-13(2)3)21(5)11-15-9-14(17)10-20(15)4;/h9-10,13H,6-8,11-12H2,1-5H3,(H,18,19);1H. The summed E-state index contributed by atoms with van der Waals surface area (Å²) < 4.78 is 7.60. The van der Waals surface area contributed by atoms with Gasteiger partial charge in [0.05, 0.1) is 24.7 Å². The predicted octanol–water partition coefficient (Wildman–Crippen LogP) is 3.37. The van der Waals surface area contributed by atoms with Crippen LogP contribution in [0.1, 0.15) is 26.5 Å². The van der Waals surface area contributed by atoms with Gasteiger partial charge in [0, 0.05) is 39.1 Å². The molecule has 1 aromatic rings. The molecule has 0 saturated heterocycles. The quantitative estimate of drug-likeness (QED) is 0.282. The van der Waals surface area contributed by atoms with Crippen molar-refractivity contribution in [2.45, 2.75) is 27.3 Å². The van der Waals surface area contributed by atoms with Gasteiger partial charge in [0.25, 0.3) is 0 Å². The second kappa shape index (κ2) is 12.0. The molecule has 134 valence electrons. The van der Waals surface area contributed by atoms with E-state index in [0.717, 1.165) is 36.4 Å². The SMILES string of the molecule is CCNC(=NCCOCC(C)C)N(C)Cc1cc(Cl)cn1C.I. The molecule has 0 radical (unpaired) electrons. The summed E-state index contributed by atoms with van der Waals surface area (Å²) in [6, 6.07) is 1.98. The highest BCUT2D eigenvalue weighted by atomic mass is 127. The molecule has 0 atom stereocenters. The Morgan fingerprint density at radius 2 is 2.17 bits per heavy atom. The number of rotatable bonds is 8. The molecular formula is C16H30ClIN4O. The van der Waals surface area contributed by atoms with Crippen molar-refractivity contribution >= 4 is 41.5 Å². The van der Waals surface area contributed by atoms with Crippen LogP contribution in [0.15, 0.2) is 17.3 Å². The monoisotopic (exact) mass is 456 g/mol. The van der Waals surface area contributed by atoms with Gasteiger partial charge in [-0.2, -0.15) is 0 Å². The lowest BCUT2D eigenvalue weighted by Crippen LogP contribution is -2.39. The van der Waals surface area contributed by atoms with E-state index in [4.69, 9.17) is 16.3 Å². The van der Waals surface area contributed by atoms with Gasteiger partial charge in [-0.1, -0.05) is 25.4 Å². The normalized spacial score (nSPS) is 11.5. The lowest BCUT2D eigenvalue weighted by molar-refractivity contribution is 0.116. The van der Waals surface area contributed by atoms with Crippen LogP contribution in [0.3, 0.4) is 0 Å². The van der Waals surface area contributed by atoms with E-state index in [2.05, 4.69) is 36.0 Å². The third-order valence-electron chi connectivity index (χ3n) is 3.12. The van der Waals surface area contributed by atoms with Gasteiger partial charge < -0.3 is 19.5 Å². The summed E-state index contributed by atoms with van der Waals surface area (Å²) in [6.45, 7) is 10.0. The maximum atomic E-state index is 6.03. The zero-order valence-electron chi connectivity index (χ0n) is 14.8. The summed E-state index contributed by atoms with van der Waals surface area (Å²) in [5.41, 5.74) is 1.15. The Balaban J connectivity index is 0.00000484. The number of aryl methyl sites for hydroxylation is 1. The lowest BCUT2D eigenvalue weighted by Gasteiger charge is -2.22. The fourth-order valence-corrected chi connectivity index (χ4v) is 2.32. The van der Waals surface area contributed by atoms with E-state index in [9.17, 15) is 0 Å². The van der Waals surface area contributed by atoms with Crippen LogP contribution in [-0.4, -0.2) is 48.8 Å². The summed E-state index contributed by atoms with van der Waals surface area (Å²) in [6.07, 6.45) is 1.91. The predicted molar refractivity (Wildman–Crippen MR) is 109 cm³/mol. The first-order valence-electron chi connectivity index (χ1n) is 7.82. The third kappa shape index (κ3) is 8.81. The molecule has 0 aliphatic heterocycles. The van der Waals surface area contributed by atoms with Crippen molar-refractivity contribution in [2.75, 3.05) is 33.4 Å². The minimum absolute atomic E-state index is 0. The fraction of sp³-hybridized carbons (Fsp3) is 0.688. The summed E-state index contributed by atoms with van der Waals surface area (Å²) >= 11 is 6.03. The summed E-state index contributed by atoms with van der Waals surface area (Å²) in [5, 5.41) is 4.07. The van der Waals surface area contributed by atoms with Crippen LogP contribution in [0.2, 0.25) is 5.02 Å². The first-order chi connectivity index (χ1) is 10.4. The summed E-state index contributed by atoms with van der Waals surface area (Å²) in [5.74, 6) is 1.44. The van der Waals surface area contributed by atoms with Crippen molar-refractivity contribution in [3.63, 3.8) is 0 Å². The van der Waals surface area contributed by atoms with Gasteiger partial charge in [0.2, 0.25) is 0 Å². The van der Waals surface area contributed by atoms with E-state index in [1.807, 2.05) is 30.9 Å². The van der Waals surface area contributed by atoms with Gasteiger partial charge in [-0.05, 0) is 18.9 Å². The average molecular weight is 457 g/mol. The van der Waals surface area contributed by atoms with Crippen LogP contribution in [-0.2, 0) is 18.3 Å². The van der Waals surface area contributed by atoms with Crippen LogP contribution >= 0.6 is 35.6 Å². The van der Waals surface area contributed by atoms with E-state index in [1.54, 1.807) is 0 Å². The van der Waals surface area contributed by atoms with Crippen LogP contribution in [0.25, 0.3) is 0 Å². The molecule has 0 amide bonds. The van der Waals surface area contributed by atoms with E-state index in [1.165, 1.54) is 0 Å². The van der Waals surface area contributed by atoms with Crippen molar-refractivity contribution in [3.8, 4) is 0 Å². The highest BCUT2D eigenvalue weighted by Crippen LogP contribution is 2.14. The first-order valence-corrected chi connectivity index (χ1v) is 8.19. The van der Waals surface area contributed by atoms with Gasteiger partial charge in [-0.3, -0.25) is 4.99 Å². The minimum atomic E-state index is 0.